The highest BCUT2D eigenvalue weighted by atomic mass is 19.4. The van der Waals surface area contributed by atoms with E-state index < -0.39 is 11.3 Å². The van der Waals surface area contributed by atoms with Crippen molar-refractivity contribution in [1.29, 1.82) is 0 Å². The lowest BCUT2D eigenvalue weighted by Gasteiger charge is -2.22. The molecule has 0 radical (unpaired) electrons. The van der Waals surface area contributed by atoms with Gasteiger partial charge < -0.3 is 24.3 Å². The Balaban J connectivity index is 1.33. The summed E-state index contributed by atoms with van der Waals surface area (Å²) in [6.07, 6.45) is -3.82. The summed E-state index contributed by atoms with van der Waals surface area (Å²) in [5, 5.41) is 18.9. The quantitative estimate of drug-likeness (QED) is 0.427. The van der Waals surface area contributed by atoms with E-state index in [9.17, 15) is 23.3 Å². The molecular formula is C18H14F3N5O5. The maximum Gasteiger partial charge on any atom is 0.573 e. The normalized spacial score (nSPS) is 15.8. The Hall–Kier alpha value is -3.74. The molecule has 0 aliphatic carbocycles. The van der Waals surface area contributed by atoms with E-state index in [0.717, 1.165) is 0 Å². The zero-order valence-corrected chi connectivity index (χ0v) is 15.7. The first kappa shape index (κ1) is 20.5. The fourth-order valence-electron chi connectivity index (χ4n) is 2.88. The van der Waals surface area contributed by atoms with E-state index in [1.165, 1.54) is 35.0 Å². The molecule has 10 nitrogen and oxygen atoms in total. The Morgan fingerprint density at radius 3 is 2.61 bits per heavy atom. The van der Waals surface area contributed by atoms with Crippen molar-refractivity contribution in [1.82, 2.24) is 19.7 Å². The molecule has 0 fully saturated rings. The second-order valence-electron chi connectivity index (χ2n) is 6.52. The predicted octanol–water partition coefficient (Wildman–Crippen LogP) is 3.12. The minimum Gasteiger partial charge on any atom is -0.443 e. The predicted molar refractivity (Wildman–Crippen MR) is 97.1 cm³/mol. The second kappa shape index (κ2) is 8.18. The molecule has 162 valence electrons. The fourth-order valence-corrected chi connectivity index (χ4v) is 2.88. The highest BCUT2D eigenvalue weighted by Gasteiger charge is 2.31. The summed E-state index contributed by atoms with van der Waals surface area (Å²) in [4.78, 5) is 14.0. The molecule has 1 aliphatic heterocycles. The van der Waals surface area contributed by atoms with Gasteiger partial charge in [-0.05, 0) is 41.3 Å². The molecule has 0 N–H and O–H groups in total. The number of alkyl halides is 3. The lowest BCUT2D eigenvalue weighted by atomic mass is 10.1. The van der Waals surface area contributed by atoms with Gasteiger partial charge >= 0.3 is 18.2 Å². The van der Waals surface area contributed by atoms with Gasteiger partial charge in [0.05, 0.1) is 24.5 Å². The van der Waals surface area contributed by atoms with E-state index in [-0.39, 0.29) is 36.9 Å². The number of imidazole rings is 1. The van der Waals surface area contributed by atoms with Crippen LogP contribution in [0.25, 0.3) is 11.3 Å². The van der Waals surface area contributed by atoms with Crippen LogP contribution in [0.15, 0.2) is 42.6 Å². The smallest absolute Gasteiger partial charge is 0.443 e. The van der Waals surface area contributed by atoms with Crippen molar-refractivity contribution in [3.63, 3.8) is 0 Å². The van der Waals surface area contributed by atoms with Crippen LogP contribution in [0.1, 0.15) is 5.69 Å². The molecule has 31 heavy (non-hydrogen) atoms. The largest absolute Gasteiger partial charge is 0.573 e. The molecule has 13 heteroatoms. The average Bonchev–Trinajstić information content (AvgIpc) is 3.16. The van der Waals surface area contributed by atoms with Crippen molar-refractivity contribution < 1.29 is 32.3 Å². The van der Waals surface area contributed by atoms with Gasteiger partial charge in [0.1, 0.15) is 24.7 Å². The summed E-state index contributed by atoms with van der Waals surface area (Å²) in [7, 11) is 0. The van der Waals surface area contributed by atoms with Gasteiger partial charge in [-0.25, -0.2) is 0 Å². The number of hydrogen-bond acceptors (Lipinski definition) is 8. The average molecular weight is 437 g/mol. The van der Waals surface area contributed by atoms with Crippen LogP contribution in [0.4, 0.5) is 19.0 Å². The van der Waals surface area contributed by atoms with Crippen LogP contribution in [0.2, 0.25) is 0 Å². The zero-order chi connectivity index (χ0) is 22.0. The number of benzene rings is 1. The first-order chi connectivity index (χ1) is 14.8. The Morgan fingerprint density at radius 2 is 1.97 bits per heavy atom. The summed E-state index contributed by atoms with van der Waals surface area (Å²) < 4.78 is 53.1. The third kappa shape index (κ3) is 5.06. The molecule has 0 saturated carbocycles. The maximum atomic E-state index is 12.2. The van der Waals surface area contributed by atoms with Gasteiger partial charge in [0.25, 0.3) is 0 Å². The SMILES string of the molecule is O=[N+]([O-])c1cn2c(n1)OC[C@H](OCc1ccc(-c3ccc(OC(F)(F)F)cc3)nn1)C2. The highest BCUT2D eigenvalue weighted by Crippen LogP contribution is 2.26. The summed E-state index contributed by atoms with van der Waals surface area (Å²) in [6, 6.07) is 8.80. The fraction of sp³-hybridized carbons (Fsp3) is 0.278. The van der Waals surface area contributed by atoms with Crippen LogP contribution in [0.3, 0.4) is 0 Å². The number of nitrogens with zero attached hydrogens (tertiary/aromatic N) is 5. The van der Waals surface area contributed by atoms with Gasteiger partial charge in [-0.15, -0.1) is 13.2 Å². The van der Waals surface area contributed by atoms with Crippen LogP contribution < -0.4 is 9.47 Å². The van der Waals surface area contributed by atoms with Gasteiger partial charge in [-0.1, -0.05) is 0 Å². The molecule has 3 heterocycles. The molecule has 1 aromatic carbocycles. The molecule has 0 amide bonds. The molecule has 0 unspecified atom stereocenters. The van der Waals surface area contributed by atoms with E-state index in [4.69, 9.17) is 9.47 Å². The summed E-state index contributed by atoms with van der Waals surface area (Å²) >= 11 is 0. The van der Waals surface area contributed by atoms with E-state index >= 15 is 0 Å². The van der Waals surface area contributed by atoms with Crippen molar-refractivity contribution in [3.05, 3.63) is 58.4 Å². The molecule has 2 aromatic heterocycles. The summed E-state index contributed by atoms with van der Waals surface area (Å²) in [6.45, 7) is 0.659. The minimum absolute atomic E-state index is 0.131. The van der Waals surface area contributed by atoms with Gasteiger partial charge in [0.15, 0.2) is 0 Å². The van der Waals surface area contributed by atoms with Crippen molar-refractivity contribution in [2.45, 2.75) is 25.6 Å². The Labute approximate surface area is 172 Å². The first-order valence-corrected chi connectivity index (χ1v) is 8.91. The lowest BCUT2D eigenvalue weighted by Crippen LogP contribution is -2.32. The van der Waals surface area contributed by atoms with Crippen molar-refractivity contribution >= 4 is 5.82 Å². The molecule has 0 spiro atoms. The number of hydrogen-bond donors (Lipinski definition) is 0. The van der Waals surface area contributed by atoms with Gasteiger partial charge in [-0.3, -0.25) is 4.57 Å². The number of halogens is 3. The summed E-state index contributed by atoms with van der Waals surface area (Å²) in [5.41, 5.74) is 1.58. The van der Waals surface area contributed by atoms with Crippen molar-refractivity contribution in [2.75, 3.05) is 6.61 Å². The monoisotopic (exact) mass is 437 g/mol. The van der Waals surface area contributed by atoms with E-state index in [0.29, 0.717) is 23.5 Å². The standard InChI is InChI=1S/C18H14F3N5O5/c19-18(20,21)31-13-4-1-11(2-5-13)15-6-3-12(23-24-15)9-29-14-7-25-8-16(26(27)28)22-17(25)30-10-14/h1-6,8,14H,7,9-10H2/t14-/m1/s1. The topological polar surface area (TPSA) is 114 Å². The van der Waals surface area contributed by atoms with Crippen molar-refractivity contribution in [3.8, 4) is 23.0 Å². The number of nitro groups is 1. The van der Waals surface area contributed by atoms with Crippen LogP contribution >= 0.6 is 0 Å². The van der Waals surface area contributed by atoms with E-state index in [1.807, 2.05) is 0 Å². The van der Waals surface area contributed by atoms with Crippen LogP contribution in [-0.2, 0) is 17.9 Å². The molecule has 3 aromatic rings. The number of ether oxygens (including phenoxy) is 3. The highest BCUT2D eigenvalue weighted by molar-refractivity contribution is 5.59. The number of aromatic nitrogens is 4. The number of rotatable bonds is 6. The van der Waals surface area contributed by atoms with Crippen molar-refractivity contribution in [2.24, 2.45) is 0 Å². The molecule has 1 aliphatic rings. The maximum absolute atomic E-state index is 12.2. The van der Waals surface area contributed by atoms with Gasteiger partial charge in [0.2, 0.25) is 0 Å². The Bertz CT molecular complexity index is 1070. The van der Waals surface area contributed by atoms with Crippen LogP contribution in [0.5, 0.6) is 11.8 Å². The summed E-state index contributed by atoms with van der Waals surface area (Å²) in [5.74, 6) is -0.620. The Kier molecular flexibility index (Phi) is 5.42. The lowest BCUT2D eigenvalue weighted by molar-refractivity contribution is -0.389. The van der Waals surface area contributed by atoms with Gasteiger partial charge in [-0.2, -0.15) is 10.2 Å². The Morgan fingerprint density at radius 1 is 1.19 bits per heavy atom. The van der Waals surface area contributed by atoms with Crippen LogP contribution in [-0.4, -0.2) is 43.7 Å². The molecule has 0 bridgehead atoms. The van der Waals surface area contributed by atoms with Crippen LogP contribution in [0, 0.1) is 10.1 Å². The molecule has 1 atom stereocenters. The third-order valence-corrected chi connectivity index (χ3v) is 4.28. The number of fused-ring (bicyclic) bond motifs is 1. The van der Waals surface area contributed by atoms with Gasteiger partial charge in [0, 0.05) is 10.5 Å². The minimum atomic E-state index is -4.75. The zero-order valence-electron chi connectivity index (χ0n) is 15.7. The third-order valence-electron chi connectivity index (χ3n) is 4.28. The molecule has 4 rings (SSSR count). The molecule has 0 saturated heterocycles. The second-order valence-corrected chi connectivity index (χ2v) is 6.52. The molecular weight excluding hydrogens is 423 g/mol. The van der Waals surface area contributed by atoms with E-state index in [2.05, 4.69) is 19.9 Å². The first-order valence-electron chi connectivity index (χ1n) is 8.91. The van der Waals surface area contributed by atoms with E-state index in [1.54, 1.807) is 12.1 Å².